The number of rotatable bonds is 4. The highest BCUT2D eigenvalue weighted by Gasteiger charge is 2.07. The van der Waals surface area contributed by atoms with Crippen molar-refractivity contribution in [3.63, 3.8) is 0 Å². The summed E-state index contributed by atoms with van der Waals surface area (Å²) in [6.45, 7) is 7.51. The number of thioether (sulfide) groups is 1. The Kier molecular flexibility index (Phi) is 4.35. The van der Waals surface area contributed by atoms with Crippen molar-refractivity contribution >= 4 is 11.8 Å². The van der Waals surface area contributed by atoms with E-state index in [1.165, 1.54) is 0 Å². The molecule has 1 heterocycles. The summed E-state index contributed by atoms with van der Waals surface area (Å²) in [6, 6.07) is 1.93. The number of nitrogens with one attached hydrogen (secondary N) is 1. The zero-order valence-electron chi connectivity index (χ0n) is 8.95. The van der Waals surface area contributed by atoms with Crippen LogP contribution >= 0.6 is 11.8 Å². The van der Waals surface area contributed by atoms with E-state index in [2.05, 4.69) is 36.1 Å². The molecule has 0 saturated heterocycles. The maximum atomic E-state index is 4.14. The molecule has 0 fully saturated rings. The molecule has 4 heteroatoms. The lowest BCUT2D eigenvalue weighted by molar-refractivity contribution is 0.441. The van der Waals surface area contributed by atoms with E-state index in [0.717, 1.165) is 17.3 Å². The second kappa shape index (κ2) is 5.32. The number of hydrogen-bond donors (Lipinski definition) is 1. The van der Waals surface area contributed by atoms with Crippen molar-refractivity contribution in [1.29, 1.82) is 0 Å². The van der Waals surface area contributed by atoms with E-state index in [0.29, 0.717) is 0 Å². The van der Waals surface area contributed by atoms with E-state index in [1.807, 2.05) is 6.07 Å². The van der Waals surface area contributed by atoms with Gasteiger partial charge in [-0.25, -0.2) is 9.97 Å². The molecule has 3 nitrogen and oxygen atoms in total. The maximum absolute atomic E-state index is 4.14. The standard InChI is InChI=1S/C10H17N3S/c1-10(2,3)13-6-7-14-9-4-5-11-8-12-9/h4-5,8,13H,6-7H2,1-3H3. The molecular weight excluding hydrogens is 194 g/mol. The molecule has 14 heavy (non-hydrogen) atoms. The number of hydrogen-bond acceptors (Lipinski definition) is 4. The summed E-state index contributed by atoms with van der Waals surface area (Å²) in [5, 5.41) is 4.47. The summed E-state index contributed by atoms with van der Waals surface area (Å²) in [7, 11) is 0. The summed E-state index contributed by atoms with van der Waals surface area (Å²) in [5.41, 5.74) is 0.201. The first-order valence-electron chi connectivity index (χ1n) is 4.72. The van der Waals surface area contributed by atoms with E-state index in [4.69, 9.17) is 0 Å². The van der Waals surface area contributed by atoms with Gasteiger partial charge in [0.2, 0.25) is 0 Å². The topological polar surface area (TPSA) is 37.8 Å². The van der Waals surface area contributed by atoms with Crippen molar-refractivity contribution in [2.45, 2.75) is 31.3 Å². The van der Waals surface area contributed by atoms with Gasteiger partial charge >= 0.3 is 0 Å². The average molecular weight is 211 g/mol. The molecule has 0 bridgehead atoms. The highest BCUT2D eigenvalue weighted by molar-refractivity contribution is 7.99. The lowest BCUT2D eigenvalue weighted by atomic mass is 10.1. The molecule has 0 amide bonds. The summed E-state index contributed by atoms with van der Waals surface area (Å²) < 4.78 is 0. The zero-order valence-corrected chi connectivity index (χ0v) is 9.77. The van der Waals surface area contributed by atoms with Gasteiger partial charge in [-0.15, -0.1) is 11.8 Å². The van der Waals surface area contributed by atoms with Crippen molar-refractivity contribution < 1.29 is 0 Å². The first-order valence-corrected chi connectivity index (χ1v) is 5.70. The molecule has 0 spiro atoms. The van der Waals surface area contributed by atoms with E-state index >= 15 is 0 Å². The number of nitrogens with zero attached hydrogens (tertiary/aromatic N) is 2. The Labute approximate surface area is 89.7 Å². The molecule has 0 saturated carbocycles. The van der Waals surface area contributed by atoms with Crippen LogP contribution in [0.3, 0.4) is 0 Å². The molecule has 1 aromatic heterocycles. The van der Waals surface area contributed by atoms with Crippen molar-refractivity contribution in [3.05, 3.63) is 18.6 Å². The van der Waals surface area contributed by atoms with Crippen LogP contribution in [0.2, 0.25) is 0 Å². The van der Waals surface area contributed by atoms with Crippen LogP contribution in [0, 0.1) is 0 Å². The molecule has 0 aliphatic rings. The highest BCUT2D eigenvalue weighted by Crippen LogP contribution is 2.12. The van der Waals surface area contributed by atoms with Gasteiger partial charge in [0.15, 0.2) is 0 Å². The van der Waals surface area contributed by atoms with Crippen molar-refractivity contribution in [3.8, 4) is 0 Å². The monoisotopic (exact) mass is 211 g/mol. The van der Waals surface area contributed by atoms with Gasteiger partial charge in [-0.1, -0.05) is 0 Å². The Bertz CT molecular complexity index is 256. The van der Waals surface area contributed by atoms with Crippen LogP contribution in [0.5, 0.6) is 0 Å². The highest BCUT2D eigenvalue weighted by atomic mass is 32.2. The lowest BCUT2D eigenvalue weighted by Crippen LogP contribution is -2.37. The van der Waals surface area contributed by atoms with Gasteiger partial charge < -0.3 is 5.32 Å². The third-order valence-electron chi connectivity index (χ3n) is 1.56. The van der Waals surface area contributed by atoms with Gasteiger partial charge in [-0.05, 0) is 26.8 Å². The third-order valence-corrected chi connectivity index (χ3v) is 2.51. The smallest absolute Gasteiger partial charge is 0.116 e. The molecule has 0 aliphatic carbocycles. The molecule has 0 unspecified atom stereocenters. The van der Waals surface area contributed by atoms with Gasteiger partial charge in [0.1, 0.15) is 6.33 Å². The van der Waals surface area contributed by atoms with E-state index in [-0.39, 0.29) is 5.54 Å². The van der Waals surface area contributed by atoms with E-state index in [9.17, 15) is 0 Å². The van der Waals surface area contributed by atoms with Crippen LogP contribution in [0.15, 0.2) is 23.6 Å². The Morgan fingerprint density at radius 2 is 2.21 bits per heavy atom. The van der Waals surface area contributed by atoms with Crippen LogP contribution in [0.25, 0.3) is 0 Å². The van der Waals surface area contributed by atoms with Crippen molar-refractivity contribution in [2.24, 2.45) is 0 Å². The van der Waals surface area contributed by atoms with Crippen LogP contribution in [0.1, 0.15) is 20.8 Å². The first kappa shape index (κ1) is 11.5. The fraction of sp³-hybridized carbons (Fsp3) is 0.600. The molecule has 1 aromatic rings. The van der Waals surface area contributed by atoms with Gasteiger partial charge in [-0.2, -0.15) is 0 Å². The summed E-state index contributed by atoms with van der Waals surface area (Å²) in [4.78, 5) is 8.01. The molecule has 0 atom stereocenters. The van der Waals surface area contributed by atoms with Crippen LogP contribution in [-0.4, -0.2) is 27.8 Å². The predicted molar refractivity (Wildman–Crippen MR) is 60.5 cm³/mol. The quantitative estimate of drug-likeness (QED) is 0.469. The molecule has 0 aliphatic heterocycles. The molecule has 1 rings (SSSR count). The minimum atomic E-state index is 0.201. The largest absolute Gasteiger partial charge is 0.311 e. The molecular formula is C10H17N3S. The van der Waals surface area contributed by atoms with Crippen LogP contribution in [0.4, 0.5) is 0 Å². The second-order valence-electron chi connectivity index (χ2n) is 4.07. The maximum Gasteiger partial charge on any atom is 0.116 e. The van der Waals surface area contributed by atoms with E-state index < -0.39 is 0 Å². The average Bonchev–Trinajstić information content (AvgIpc) is 2.13. The summed E-state index contributed by atoms with van der Waals surface area (Å²) in [6.07, 6.45) is 3.35. The summed E-state index contributed by atoms with van der Waals surface area (Å²) in [5.74, 6) is 1.04. The van der Waals surface area contributed by atoms with Gasteiger partial charge in [0, 0.05) is 24.0 Å². The first-order chi connectivity index (χ1) is 6.58. The van der Waals surface area contributed by atoms with Crippen LogP contribution in [-0.2, 0) is 0 Å². The van der Waals surface area contributed by atoms with Gasteiger partial charge in [-0.3, -0.25) is 0 Å². The normalized spacial score (nSPS) is 11.6. The Morgan fingerprint density at radius 3 is 2.79 bits per heavy atom. The van der Waals surface area contributed by atoms with Gasteiger partial charge in [0.25, 0.3) is 0 Å². The fourth-order valence-electron chi connectivity index (χ4n) is 0.946. The minimum Gasteiger partial charge on any atom is -0.311 e. The SMILES string of the molecule is CC(C)(C)NCCSc1ccncn1. The Balaban J connectivity index is 2.17. The number of aromatic nitrogens is 2. The molecule has 1 N–H and O–H groups in total. The van der Waals surface area contributed by atoms with Crippen molar-refractivity contribution in [1.82, 2.24) is 15.3 Å². The third kappa shape index (κ3) is 5.19. The predicted octanol–water partition coefficient (Wildman–Crippen LogP) is 1.96. The molecule has 78 valence electrons. The Morgan fingerprint density at radius 1 is 1.43 bits per heavy atom. The lowest BCUT2D eigenvalue weighted by Gasteiger charge is -2.20. The van der Waals surface area contributed by atoms with Crippen molar-refractivity contribution in [2.75, 3.05) is 12.3 Å². The van der Waals surface area contributed by atoms with Gasteiger partial charge in [0.05, 0.1) is 5.03 Å². The Hall–Kier alpha value is -0.610. The fourth-order valence-corrected chi connectivity index (χ4v) is 1.64. The molecule has 0 radical (unpaired) electrons. The summed E-state index contributed by atoms with van der Waals surface area (Å²) >= 11 is 1.75. The van der Waals surface area contributed by atoms with E-state index in [1.54, 1.807) is 24.3 Å². The minimum absolute atomic E-state index is 0.201. The molecule has 0 aromatic carbocycles. The van der Waals surface area contributed by atoms with Crippen LogP contribution < -0.4 is 5.32 Å². The second-order valence-corrected chi connectivity index (χ2v) is 5.19. The zero-order chi connectivity index (χ0) is 10.4.